The molecule has 0 aliphatic carbocycles. The Balaban J connectivity index is 1.88. The summed E-state index contributed by atoms with van der Waals surface area (Å²) in [5.41, 5.74) is 2.64. The van der Waals surface area contributed by atoms with Crippen molar-refractivity contribution in [1.82, 2.24) is 10.2 Å². The molecule has 1 N–H and O–H groups in total. The topological polar surface area (TPSA) is 28.4 Å². The van der Waals surface area contributed by atoms with Crippen molar-refractivity contribution < 1.29 is 4.42 Å². The second-order valence-electron chi connectivity index (χ2n) is 5.55. The number of hydrogen-bond donors (Lipinski definition) is 1. The van der Waals surface area contributed by atoms with Gasteiger partial charge in [0.25, 0.3) is 0 Å². The van der Waals surface area contributed by atoms with Crippen molar-refractivity contribution in [2.24, 2.45) is 0 Å². The Labute approximate surface area is 128 Å². The maximum absolute atomic E-state index is 5.36. The van der Waals surface area contributed by atoms with Crippen molar-refractivity contribution in [2.75, 3.05) is 20.1 Å². The van der Waals surface area contributed by atoms with Crippen LogP contribution in [0, 0.1) is 6.92 Å². The summed E-state index contributed by atoms with van der Waals surface area (Å²) in [5.74, 6) is 1.02. The smallest absolute Gasteiger partial charge is 0.105 e. The SMILES string of the molecule is CCNC(CCN(C)Cc1ccoc1C)c1ccccc1. The van der Waals surface area contributed by atoms with Gasteiger partial charge < -0.3 is 14.6 Å². The third kappa shape index (κ3) is 4.73. The van der Waals surface area contributed by atoms with Gasteiger partial charge in [0, 0.05) is 18.2 Å². The van der Waals surface area contributed by atoms with E-state index in [2.05, 4.69) is 60.6 Å². The molecule has 0 saturated carbocycles. The number of furan rings is 1. The summed E-state index contributed by atoms with van der Waals surface area (Å²) in [6.45, 7) is 7.17. The Morgan fingerprint density at radius 2 is 1.95 bits per heavy atom. The molecule has 1 heterocycles. The highest BCUT2D eigenvalue weighted by atomic mass is 16.3. The molecule has 0 amide bonds. The first-order chi connectivity index (χ1) is 10.2. The second-order valence-corrected chi connectivity index (χ2v) is 5.55. The fourth-order valence-electron chi connectivity index (χ4n) is 2.61. The number of rotatable bonds is 8. The summed E-state index contributed by atoms with van der Waals surface area (Å²) in [7, 11) is 2.17. The number of hydrogen-bond acceptors (Lipinski definition) is 3. The van der Waals surface area contributed by atoms with Crippen LogP contribution < -0.4 is 5.32 Å². The van der Waals surface area contributed by atoms with Crippen LogP contribution in [0.4, 0.5) is 0 Å². The van der Waals surface area contributed by atoms with Crippen molar-refractivity contribution in [1.29, 1.82) is 0 Å². The Morgan fingerprint density at radius 1 is 1.19 bits per heavy atom. The predicted molar refractivity (Wildman–Crippen MR) is 87.3 cm³/mol. The van der Waals surface area contributed by atoms with Crippen LogP contribution in [0.3, 0.4) is 0 Å². The van der Waals surface area contributed by atoms with Crippen LogP contribution >= 0.6 is 0 Å². The number of nitrogens with zero attached hydrogens (tertiary/aromatic N) is 1. The fraction of sp³-hybridized carbons (Fsp3) is 0.444. The van der Waals surface area contributed by atoms with Gasteiger partial charge in [-0.05, 0) is 45.1 Å². The molecular weight excluding hydrogens is 260 g/mol. The Hall–Kier alpha value is -1.58. The average molecular weight is 286 g/mol. The van der Waals surface area contributed by atoms with Gasteiger partial charge in [0.15, 0.2) is 0 Å². The van der Waals surface area contributed by atoms with Gasteiger partial charge in [0.2, 0.25) is 0 Å². The zero-order valence-corrected chi connectivity index (χ0v) is 13.3. The molecular formula is C18H26N2O. The number of benzene rings is 1. The molecule has 1 atom stereocenters. The van der Waals surface area contributed by atoms with Crippen LogP contribution in [0.5, 0.6) is 0 Å². The molecule has 0 fully saturated rings. The van der Waals surface area contributed by atoms with E-state index in [-0.39, 0.29) is 0 Å². The number of nitrogens with one attached hydrogen (secondary N) is 1. The molecule has 3 nitrogen and oxygen atoms in total. The zero-order chi connectivity index (χ0) is 15.1. The molecule has 114 valence electrons. The lowest BCUT2D eigenvalue weighted by atomic mass is 10.0. The van der Waals surface area contributed by atoms with E-state index in [0.29, 0.717) is 6.04 Å². The van der Waals surface area contributed by atoms with Gasteiger partial charge in [0.1, 0.15) is 5.76 Å². The molecule has 1 unspecified atom stereocenters. The minimum Gasteiger partial charge on any atom is -0.469 e. The maximum Gasteiger partial charge on any atom is 0.105 e. The predicted octanol–water partition coefficient (Wildman–Crippen LogP) is 3.76. The molecule has 2 rings (SSSR count). The van der Waals surface area contributed by atoms with Crippen molar-refractivity contribution in [3.05, 3.63) is 59.5 Å². The summed E-state index contributed by atoms with van der Waals surface area (Å²) < 4.78 is 5.36. The highest BCUT2D eigenvalue weighted by molar-refractivity contribution is 5.19. The van der Waals surface area contributed by atoms with E-state index in [9.17, 15) is 0 Å². The molecule has 0 aliphatic heterocycles. The minimum absolute atomic E-state index is 0.420. The van der Waals surface area contributed by atoms with Gasteiger partial charge in [-0.15, -0.1) is 0 Å². The lowest BCUT2D eigenvalue weighted by molar-refractivity contribution is 0.299. The van der Waals surface area contributed by atoms with Crippen molar-refractivity contribution >= 4 is 0 Å². The van der Waals surface area contributed by atoms with E-state index >= 15 is 0 Å². The van der Waals surface area contributed by atoms with E-state index in [1.54, 1.807) is 6.26 Å². The molecule has 1 aromatic heterocycles. The van der Waals surface area contributed by atoms with E-state index in [0.717, 1.165) is 31.8 Å². The molecule has 0 bridgehead atoms. The molecule has 1 aromatic carbocycles. The highest BCUT2D eigenvalue weighted by Crippen LogP contribution is 2.18. The molecule has 0 radical (unpaired) electrons. The maximum atomic E-state index is 5.36. The van der Waals surface area contributed by atoms with E-state index in [4.69, 9.17) is 4.42 Å². The average Bonchev–Trinajstić information content (AvgIpc) is 2.89. The quantitative estimate of drug-likeness (QED) is 0.801. The van der Waals surface area contributed by atoms with Gasteiger partial charge in [-0.3, -0.25) is 0 Å². The van der Waals surface area contributed by atoms with E-state index in [1.807, 2.05) is 6.92 Å². The first-order valence-corrected chi connectivity index (χ1v) is 7.70. The summed E-state index contributed by atoms with van der Waals surface area (Å²) in [4.78, 5) is 2.35. The van der Waals surface area contributed by atoms with Crippen molar-refractivity contribution in [2.45, 2.75) is 32.9 Å². The monoisotopic (exact) mass is 286 g/mol. The van der Waals surface area contributed by atoms with E-state index < -0.39 is 0 Å². The molecule has 0 saturated heterocycles. The third-order valence-electron chi connectivity index (χ3n) is 3.86. The number of aryl methyl sites for hydroxylation is 1. The molecule has 2 aromatic rings. The van der Waals surface area contributed by atoms with Crippen molar-refractivity contribution in [3.8, 4) is 0 Å². The van der Waals surface area contributed by atoms with Gasteiger partial charge >= 0.3 is 0 Å². The Morgan fingerprint density at radius 3 is 2.57 bits per heavy atom. The van der Waals surface area contributed by atoms with Crippen LogP contribution in [-0.4, -0.2) is 25.0 Å². The summed E-state index contributed by atoms with van der Waals surface area (Å²) in [6.07, 6.45) is 2.87. The standard InChI is InChI=1S/C18H26N2O/c1-4-19-18(16-8-6-5-7-9-16)10-12-20(3)14-17-11-13-21-15(17)2/h5-9,11,13,18-19H,4,10,12,14H2,1-3H3. The van der Waals surface area contributed by atoms with E-state index in [1.165, 1.54) is 11.1 Å². The first kappa shape index (κ1) is 15.8. The third-order valence-corrected chi connectivity index (χ3v) is 3.86. The lowest BCUT2D eigenvalue weighted by Gasteiger charge is -2.22. The molecule has 21 heavy (non-hydrogen) atoms. The lowest BCUT2D eigenvalue weighted by Crippen LogP contribution is -2.27. The molecule has 0 aliphatic rings. The first-order valence-electron chi connectivity index (χ1n) is 7.70. The van der Waals surface area contributed by atoms with Crippen LogP contribution in [0.25, 0.3) is 0 Å². The van der Waals surface area contributed by atoms with Gasteiger partial charge in [-0.2, -0.15) is 0 Å². The van der Waals surface area contributed by atoms with Crippen LogP contribution in [0.2, 0.25) is 0 Å². The minimum atomic E-state index is 0.420. The van der Waals surface area contributed by atoms with Crippen LogP contribution in [0.15, 0.2) is 47.1 Å². The Bertz CT molecular complexity index is 521. The molecule has 3 heteroatoms. The molecule has 0 spiro atoms. The fourth-order valence-corrected chi connectivity index (χ4v) is 2.61. The Kier molecular flexibility index (Phi) is 6.03. The zero-order valence-electron chi connectivity index (χ0n) is 13.3. The normalized spacial score (nSPS) is 12.8. The van der Waals surface area contributed by atoms with Crippen molar-refractivity contribution in [3.63, 3.8) is 0 Å². The largest absolute Gasteiger partial charge is 0.469 e. The summed E-state index contributed by atoms with van der Waals surface area (Å²) in [6, 6.07) is 13.2. The van der Waals surface area contributed by atoms with Crippen LogP contribution in [0.1, 0.15) is 36.3 Å². The second kappa shape index (κ2) is 8.01. The summed E-state index contributed by atoms with van der Waals surface area (Å²) >= 11 is 0. The van der Waals surface area contributed by atoms with Gasteiger partial charge in [-0.1, -0.05) is 37.3 Å². The van der Waals surface area contributed by atoms with Gasteiger partial charge in [-0.25, -0.2) is 0 Å². The van der Waals surface area contributed by atoms with Crippen LogP contribution in [-0.2, 0) is 6.54 Å². The van der Waals surface area contributed by atoms with Gasteiger partial charge in [0.05, 0.1) is 6.26 Å². The summed E-state index contributed by atoms with van der Waals surface area (Å²) in [5, 5.41) is 3.58. The highest BCUT2D eigenvalue weighted by Gasteiger charge is 2.12.